The maximum atomic E-state index is 14.0. The standard InChI is InChI=1S/C13H15BrFN3.2ClH/c14-10-1-2-11(12(15)9-10)13(3-4-16)18-7-5-17-6-8-18;;/h1-2,9,13,17H,3,5-8H2;2*1H/t13-;;/m0../s1. The molecule has 1 aliphatic heterocycles. The molecule has 7 heteroatoms. The Labute approximate surface area is 139 Å². The SMILES string of the molecule is Cl.Cl.N#CC[C@@H](c1ccc(Br)cc1F)N1CCNCC1. The van der Waals surface area contributed by atoms with E-state index in [4.69, 9.17) is 5.26 Å². The summed E-state index contributed by atoms with van der Waals surface area (Å²) in [7, 11) is 0. The van der Waals surface area contributed by atoms with Crippen LogP contribution < -0.4 is 5.32 Å². The van der Waals surface area contributed by atoms with Crippen LogP contribution in [-0.4, -0.2) is 31.1 Å². The predicted octanol–water partition coefficient (Wildman–Crippen LogP) is 3.29. The smallest absolute Gasteiger partial charge is 0.129 e. The Hall–Kier alpha value is -0.380. The summed E-state index contributed by atoms with van der Waals surface area (Å²) in [6.45, 7) is 3.48. The van der Waals surface area contributed by atoms with E-state index in [2.05, 4.69) is 32.2 Å². The molecule has 1 aromatic rings. The van der Waals surface area contributed by atoms with Crippen molar-refractivity contribution in [2.45, 2.75) is 12.5 Å². The lowest BCUT2D eigenvalue weighted by atomic mass is 10.0. The van der Waals surface area contributed by atoms with E-state index in [1.54, 1.807) is 6.07 Å². The van der Waals surface area contributed by atoms with E-state index < -0.39 is 0 Å². The van der Waals surface area contributed by atoms with Crippen molar-refractivity contribution in [3.63, 3.8) is 0 Å². The largest absolute Gasteiger partial charge is 0.314 e. The van der Waals surface area contributed by atoms with Gasteiger partial charge in [-0.3, -0.25) is 4.90 Å². The van der Waals surface area contributed by atoms with Gasteiger partial charge in [-0.25, -0.2) is 4.39 Å². The van der Waals surface area contributed by atoms with Crippen LogP contribution in [0.25, 0.3) is 0 Å². The number of hydrogen-bond acceptors (Lipinski definition) is 3. The molecule has 1 aromatic carbocycles. The first kappa shape index (κ1) is 19.6. The maximum absolute atomic E-state index is 14.0. The molecule has 0 amide bonds. The van der Waals surface area contributed by atoms with Crippen LogP contribution in [0.3, 0.4) is 0 Å². The van der Waals surface area contributed by atoms with Gasteiger partial charge in [-0.15, -0.1) is 24.8 Å². The quantitative estimate of drug-likeness (QED) is 0.868. The van der Waals surface area contributed by atoms with Crippen LogP contribution in [0.1, 0.15) is 18.0 Å². The van der Waals surface area contributed by atoms with E-state index in [9.17, 15) is 4.39 Å². The molecular formula is C13H17BrCl2FN3. The number of nitrogens with zero attached hydrogens (tertiary/aromatic N) is 2. The average molecular weight is 385 g/mol. The fraction of sp³-hybridized carbons (Fsp3) is 0.462. The lowest BCUT2D eigenvalue weighted by Crippen LogP contribution is -2.45. The van der Waals surface area contributed by atoms with Crippen LogP contribution in [0.15, 0.2) is 22.7 Å². The predicted molar refractivity (Wildman–Crippen MR) is 86.0 cm³/mol. The number of piperazine rings is 1. The molecule has 1 heterocycles. The molecule has 1 N–H and O–H groups in total. The highest BCUT2D eigenvalue weighted by Crippen LogP contribution is 2.28. The van der Waals surface area contributed by atoms with Crippen molar-refractivity contribution >= 4 is 40.7 Å². The van der Waals surface area contributed by atoms with Gasteiger partial charge >= 0.3 is 0 Å². The summed E-state index contributed by atoms with van der Waals surface area (Å²) in [5.41, 5.74) is 0.613. The summed E-state index contributed by atoms with van der Waals surface area (Å²) in [5, 5.41) is 12.2. The highest BCUT2D eigenvalue weighted by atomic mass is 79.9. The Morgan fingerprint density at radius 2 is 2.00 bits per heavy atom. The molecule has 20 heavy (non-hydrogen) atoms. The normalized spacial score (nSPS) is 16.4. The lowest BCUT2D eigenvalue weighted by molar-refractivity contribution is 0.172. The van der Waals surface area contributed by atoms with Gasteiger partial charge in [-0.2, -0.15) is 5.26 Å². The molecule has 0 aromatic heterocycles. The van der Waals surface area contributed by atoms with Crippen molar-refractivity contribution in [1.82, 2.24) is 10.2 Å². The third kappa shape index (κ3) is 4.87. The second kappa shape index (κ2) is 9.54. The molecule has 0 bridgehead atoms. The summed E-state index contributed by atoms with van der Waals surface area (Å²) in [6.07, 6.45) is 0.318. The highest BCUT2D eigenvalue weighted by molar-refractivity contribution is 9.10. The van der Waals surface area contributed by atoms with E-state index in [1.165, 1.54) is 6.07 Å². The Morgan fingerprint density at radius 3 is 2.55 bits per heavy atom. The van der Waals surface area contributed by atoms with Gasteiger partial charge in [-0.1, -0.05) is 22.0 Å². The highest BCUT2D eigenvalue weighted by Gasteiger charge is 2.24. The van der Waals surface area contributed by atoms with E-state index >= 15 is 0 Å². The molecule has 0 unspecified atom stereocenters. The van der Waals surface area contributed by atoms with Crippen LogP contribution in [0.4, 0.5) is 4.39 Å². The number of nitriles is 1. The molecule has 0 aliphatic carbocycles. The monoisotopic (exact) mass is 383 g/mol. The van der Waals surface area contributed by atoms with Crippen LogP contribution in [0.2, 0.25) is 0 Å². The zero-order valence-electron chi connectivity index (χ0n) is 10.8. The zero-order chi connectivity index (χ0) is 13.0. The second-order valence-electron chi connectivity index (χ2n) is 4.33. The first-order valence-electron chi connectivity index (χ1n) is 5.99. The topological polar surface area (TPSA) is 39.1 Å². The number of rotatable bonds is 3. The first-order valence-corrected chi connectivity index (χ1v) is 6.78. The van der Waals surface area contributed by atoms with Crippen molar-refractivity contribution in [1.29, 1.82) is 5.26 Å². The zero-order valence-corrected chi connectivity index (χ0v) is 14.0. The summed E-state index contributed by atoms with van der Waals surface area (Å²) in [4.78, 5) is 2.17. The molecule has 0 radical (unpaired) electrons. The molecule has 2 rings (SSSR count). The Bertz CT molecular complexity index is 461. The molecule has 0 spiro atoms. The van der Waals surface area contributed by atoms with Gasteiger partial charge < -0.3 is 5.32 Å². The third-order valence-electron chi connectivity index (χ3n) is 3.20. The van der Waals surface area contributed by atoms with Crippen LogP contribution in [-0.2, 0) is 0 Å². The molecule has 3 nitrogen and oxygen atoms in total. The fourth-order valence-electron chi connectivity index (χ4n) is 2.29. The summed E-state index contributed by atoms with van der Waals surface area (Å²) in [5.74, 6) is -0.247. The molecule has 0 saturated carbocycles. The number of halogens is 4. The number of hydrogen-bond donors (Lipinski definition) is 1. The lowest BCUT2D eigenvalue weighted by Gasteiger charge is -2.34. The minimum atomic E-state index is -0.247. The van der Waals surface area contributed by atoms with Gasteiger partial charge in [0.25, 0.3) is 0 Å². The van der Waals surface area contributed by atoms with E-state index in [-0.39, 0.29) is 36.7 Å². The van der Waals surface area contributed by atoms with E-state index in [1.807, 2.05) is 6.07 Å². The third-order valence-corrected chi connectivity index (χ3v) is 3.69. The maximum Gasteiger partial charge on any atom is 0.129 e. The van der Waals surface area contributed by atoms with E-state index in [0.717, 1.165) is 30.7 Å². The second-order valence-corrected chi connectivity index (χ2v) is 5.25. The minimum absolute atomic E-state index is 0. The Morgan fingerprint density at radius 1 is 1.35 bits per heavy atom. The summed E-state index contributed by atoms with van der Waals surface area (Å²) < 4.78 is 14.7. The van der Waals surface area contributed by atoms with Crippen LogP contribution >= 0.6 is 40.7 Å². The Kier molecular flexibility index (Phi) is 9.36. The molecule has 112 valence electrons. The number of benzene rings is 1. The van der Waals surface area contributed by atoms with Crippen molar-refractivity contribution in [2.24, 2.45) is 0 Å². The van der Waals surface area contributed by atoms with Gasteiger partial charge in [0.1, 0.15) is 5.82 Å². The van der Waals surface area contributed by atoms with Gasteiger partial charge in [0.2, 0.25) is 0 Å². The van der Waals surface area contributed by atoms with Crippen molar-refractivity contribution < 1.29 is 4.39 Å². The van der Waals surface area contributed by atoms with Gasteiger partial charge in [0.15, 0.2) is 0 Å². The molecule has 1 fully saturated rings. The summed E-state index contributed by atoms with van der Waals surface area (Å²) in [6, 6.07) is 7.07. The van der Waals surface area contributed by atoms with Crippen molar-refractivity contribution in [2.75, 3.05) is 26.2 Å². The van der Waals surface area contributed by atoms with Crippen LogP contribution in [0, 0.1) is 17.1 Å². The minimum Gasteiger partial charge on any atom is -0.314 e. The molecule has 1 atom stereocenters. The van der Waals surface area contributed by atoms with Gasteiger partial charge in [0, 0.05) is 36.2 Å². The van der Waals surface area contributed by atoms with Gasteiger partial charge in [0.05, 0.1) is 18.5 Å². The molecular weight excluding hydrogens is 368 g/mol. The van der Waals surface area contributed by atoms with Crippen molar-refractivity contribution in [3.8, 4) is 6.07 Å². The van der Waals surface area contributed by atoms with Crippen LogP contribution in [0.5, 0.6) is 0 Å². The number of nitrogens with one attached hydrogen (secondary N) is 1. The van der Waals surface area contributed by atoms with Crippen molar-refractivity contribution in [3.05, 3.63) is 34.1 Å². The Balaban J connectivity index is 0.00000180. The molecule has 1 aliphatic rings. The fourth-order valence-corrected chi connectivity index (χ4v) is 2.62. The first-order chi connectivity index (χ1) is 8.72. The summed E-state index contributed by atoms with van der Waals surface area (Å²) >= 11 is 3.25. The molecule has 1 saturated heterocycles. The van der Waals surface area contributed by atoms with Gasteiger partial charge in [-0.05, 0) is 12.1 Å². The average Bonchev–Trinajstić information content (AvgIpc) is 2.38. The van der Waals surface area contributed by atoms with E-state index in [0.29, 0.717) is 12.0 Å².